The van der Waals surface area contributed by atoms with Gasteiger partial charge in [0.15, 0.2) is 5.58 Å². The highest BCUT2D eigenvalue weighted by Crippen LogP contribution is 2.33. The number of rotatable bonds is 5. The third kappa shape index (κ3) is 4.66. The molecule has 1 fully saturated rings. The molecule has 4 aromatic rings. The van der Waals surface area contributed by atoms with E-state index in [-0.39, 0.29) is 11.4 Å². The van der Waals surface area contributed by atoms with Gasteiger partial charge in [-0.1, -0.05) is 5.16 Å². The monoisotopic (exact) mass is 502 g/mol. The molecule has 37 heavy (non-hydrogen) atoms. The Labute approximate surface area is 214 Å². The molecule has 0 spiro atoms. The van der Waals surface area contributed by atoms with Crippen LogP contribution in [0.1, 0.15) is 65.9 Å². The molecule has 7 nitrogen and oxygen atoms in total. The SMILES string of the molecule is Cc1ccc(C=C2CCCn3c2nc(C)c(CCN2CCC(c4noc5cc(F)ccc45)CC2)c3=O)o1. The van der Waals surface area contributed by atoms with Crippen molar-refractivity contribution in [2.45, 2.75) is 58.4 Å². The molecule has 2 aliphatic heterocycles. The molecule has 0 bridgehead atoms. The molecule has 0 saturated carbocycles. The van der Waals surface area contributed by atoms with E-state index in [9.17, 15) is 9.18 Å². The van der Waals surface area contributed by atoms with Crippen LogP contribution in [0.15, 0.2) is 44.1 Å². The lowest BCUT2D eigenvalue weighted by molar-refractivity contribution is 0.211. The molecular formula is C29H31FN4O3. The lowest BCUT2D eigenvalue weighted by atomic mass is 9.91. The number of furan rings is 1. The fraction of sp³-hybridized carbons (Fsp3) is 0.414. The standard InChI is InChI=1S/C29H31FN4O3/c1-18-5-7-23(36-18)16-21-4-3-12-34-28(21)31-19(2)24(29(34)35)11-15-33-13-9-20(10-14-33)27-25-8-6-22(30)17-26(25)37-32-27/h5-8,16-17,20H,3-4,9-15H2,1-2H3. The number of piperidine rings is 1. The Morgan fingerprint density at radius 3 is 2.76 bits per heavy atom. The topological polar surface area (TPSA) is 77.3 Å². The number of nitrogens with zero attached hydrogens (tertiary/aromatic N) is 4. The van der Waals surface area contributed by atoms with Crippen molar-refractivity contribution in [1.82, 2.24) is 19.6 Å². The normalized spacial score (nSPS) is 18.1. The van der Waals surface area contributed by atoms with Crippen molar-refractivity contribution in [2.75, 3.05) is 19.6 Å². The van der Waals surface area contributed by atoms with E-state index in [4.69, 9.17) is 13.9 Å². The Morgan fingerprint density at radius 2 is 1.97 bits per heavy atom. The minimum atomic E-state index is -0.312. The number of halogens is 1. The second kappa shape index (κ2) is 9.74. The van der Waals surface area contributed by atoms with Crippen molar-refractivity contribution in [2.24, 2.45) is 0 Å². The van der Waals surface area contributed by atoms with E-state index in [0.29, 0.717) is 24.5 Å². The predicted octanol–water partition coefficient (Wildman–Crippen LogP) is 5.49. The highest BCUT2D eigenvalue weighted by molar-refractivity contribution is 5.80. The summed E-state index contributed by atoms with van der Waals surface area (Å²) in [5, 5.41) is 5.16. The van der Waals surface area contributed by atoms with Gasteiger partial charge in [0.05, 0.1) is 5.69 Å². The Hall–Kier alpha value is -3.52. The number of aryl methyl sites for hydroxylation is 2. The van der Waals surface area contributed by atoms with E-state index >= 15 is 0 Å². The summed E-state index contributed by atoms with van der Waals surface area (Å²) in [6.45, 7) is 7.25. The largest absolute Gasteiger partial charge is 0.462 e. The maximum absolute atomic E-state index is 13.5. The molecule has 0 radical (unpaired) electrons. The number of hydrogen-bond donors (Lipinski definition) is 0. The van der Waals surface area contributed by atoms with Crippen LogP contribution in [0.25, 0.3) is 22.6 Å². The first-order chi connectivity index (χ1) is 18.0. The zero-order valence-electron chi connectivity index (χ0n) is 21.3. The minimum absolute atomic E-state index is 0.0833. The zero-order chi connectivity index (χ0) is 25.5. The summed E-state index contributed by atoms with van der Waals surface area (Å²) < 4.78 is 26.4. The van der Waals surface area contributed by atoms with Gasteiger partial charge in [-0.15, -0.1) is 0 Å². The smallest absolute Gasteiger partial charge is 0.257 e. The van der Waals surface area contributed by atoms with Crippen LogP contribution in [0, 0.1) is 19.7 Å². The number of fused-ring (bicyclic) bond motifs is 2. The third-order valence-corrected chi connectivity index (χ3v) is 7.78. The van der Waals surface area contributed by atoms with Crippen LogP contribution in [0.2, 0.25) is 0 Å². The maximum Gasteiger partial charge on any atom is 0.257 e. The summed E-state index contributed by atoms with van der Waals surface area (Å²) in [5.74, 6) is 2.42. The Kier molecular flexibility index (Phi) is 6.28. The second-order valence-corrected chi connectivity index (χ2v) is 10.3. The summed E-state index contributed by atoms with van der Waals surface area (Å²) >= 11 is 0. The summed E-state index contributed by atoms with van der Waals surface area (Å²) in [6, 6.07) is 8.52. The van der Waals surface area contributed by atoms with E-state index in [1.807, 2.05) is 36.6 Å². The van der Waals surface area contributed by atoms with Gasteiger partial charge in [0.25, 0.3) is 5.56 Å². The van der Waals surface area contributed by atoms with Gasteiger partial charge in [-0.3, -0.25) is 9.36 Å². The van der Waals surface area contributed by atoms with Crippen molar-refractivity contribution < 1.29 is 13.3 Å². The van der Waals surface area contributed by atoms with Crippen LogP contribution >= 0.6 is 0 Å². The highest BCUT2D eigenvalue weighted by atomic mass is 19.1. The number of hydrogen-bond acceptors (Lipinski definition) is 6. The molecule has 0 N–H and O–H groups in total. The lowest BCUT2D eigenvalue weighted by Gasteiger charge is -2.31. The molecule has 0 amide bonds. The first-order valence-electron chi connectivity index (χ1n) is 13.1. The fourth-order valence-corrected chi connectivity index (χ4v) is 5.75. The molecule has 3 aromatic heterocycles. The van der Waals surface area contributed by atoms with Crippen LogP contribution in [0.5, 0.6) is 0 Å². The van der Waals surface area contributed by atoms with Crippen LogP contribution in [0.4, 0.5) is 4.39 Å². The van der Waals surface area contributed by atoms with Gasteiger partial charge in [0.1, 0.15) is 23.2 Å². The van der Waals surface area contributed by atoms with Gasteiger partial charge in [-0.25, -0.2) is 9.37 Å². The van der Waals surface area contributed by atoms with Gasteiger partial charge in [0, 0.05) is 41.7 Å². The molecule has 1 saturated heterocycles. The molecule has 1 aromatic carbocycles. The molecule has 192 valence electrons. The summed E-state index contributed by atoms with van der Waals surface area (Å²) in [4.78, 5) is 20.8. The molecule has 5 heterocycles. The van der Waals surface area contributed by atoms with E-state index in [1.165, 1.54) is 12.1 Å². The van der Waals surface area contributed by atoms with Crippen LogP contribution in [0.3, 0.4) is 0 Å². The number of likely N-dealkylation sites (tertiary alicyclic amines) is 1. The van der Waals surface area contributed by atoms with Crippen LogP contribution in [-0.2, 0) is 13.0 Å². The van der Waals surface area contributed by atoms with Crippen molar-refractivity contribution in [3.8, 4) is 0 Å². The first-order valence-corrected chi connectivity index (χ1v) is 13.1. The van der Waals surface area contributed by atoms with Gasteiger partial charge in [-0.2, -0.15) is 0 Å². The average molecular weight is 503 g/mol. The predicted molar refractivity (Wildman–Crippen MR) is 140 cm³/mol. The Morgan fingerprint density at radius 1 is 1.14 bits per heavy atom. The fourth-order valence-electron chi connectivity index (χ4n) is 5.75. The van der Waals surface area contributed by atoms with Crippen molar-refractivity contribution in [3.63, 3.8) is 0 Å². The summed E-state index contributed by atoms with van der Waals surface area (Å²) in [5.41, 5.74) is 4.19. The van der Waals surface area contributed by atoms with Gasteiger partial charge < -0.3 is 13.8 Å². The van der Waals surface area contributed by atoms with Gasteiger partial charge >= 0.3 is 0 Å². The molecule has 6 rings (SSSR count). The molecule has 8 heteroatoms. The van der Waals surface area contributed by atoms with E-state index in [2.05, 4.69) is 10.1 Å². The van der Waals surface area contributed by atoms with Gasteiger partial charge in [-0.05, 0) is 95.0 Å². The minimum Gasteiger partial charge on any atom is -0.462 e. The number of benzene rings is 1. The summed E-state index contributed by atoms with van der Waals surface area (Å²) in [6.07, 6.45) is 6.42. The Balaban J connectivity index is 1.14. The van der Waals surface area contributed by atoms with Crippen molar-refractivity contribution >= 4 is 22.6 Å². The first kappa shape index (κ1) is 23.9. The maximum atomic E-state index is 13.5. The quantitative estimate of drug-likeness (QED) is 0.359. The molecule has 2 aliphatic rings. The average Bonchev–Trinajstić information content (AvgIpc) is 3.50. The Bertz CT molecular complexity index is 1540. The molecule has 0 atom stereocenters. The third-order valence-electron chi connectivity index (χ3n) is 7.78. The van der Waals surface area contributed by atoms with Crippen molar-refractivity contribution in [3.05, 3.63) is 80.8 Å². The van der Waals surface area contributed by atoms with Crippen LogP contribution in [-0.4, -0.2) is 39.2 Å². The number of aromatic nitrogens is 3. The second-order valence-electron chi connectivity index (χ2n) is 10.3. The molecule has 0 aliphatic carbocycles. The van der Waals surface area contributed by atoms with Gasteiger partial charge in [0.2, 0.25) is 0 Å². The highest BCUT2D eigenvalue weighted by Gasteiger charge is 2.26. The zero-order valence-corrected chi connectivity index (χ0v) is 21.3. The van der Waals surface area contributed by atoms with Crippen molar-refractivity contribution in [1.29, 1.82) is 0 Å². The molecule has 0 unspecified atom stereocenters. The molecular weight excluding hydrogens is 471 g/mol. The summed E-state index contributed by atoms with van der Waals surface area (Å²) in [7, 11) is 0. The lowest BCUT2D eigenvalue weighted by Crippen LogP contribution is -2.37. The van der Waals surface area contributed by atoms with E-state index in [1.54, 1.807) is 6.07 Å². The van der Waals surface area contributed by atoms with E-state index < -0.39 is 0 Å². The van der Waals surface area contributed by atoms with E-state index in [0.717, 1.165) is 90.6 Å². The van der Waals surface area contributed by atoms with Crippen LogP contribution < -0.4 is 5.56 Å². The number of allylic oxidation sites excluding steroid dienone is 1.